The monoisotopic (exact) mass is 350 g/mol. The fourth-order valence-corrected chi connectivity index (χ4v) is 2.80. The summed E-state index contributed by atoms with van der Waals surface area (Å²) in [5.41, 5.74) is 2.25. The predicted octanol–water partition coefficient (Wildman–Crippen LogP) is 3.84. The Bertz CT molecular complexity index is 972. The van der Waals surface area contributed by atoms with E-state index in [2.05, 4.69) is 10.3 Å². The third-order valence-electron chi connectivity index (χ3n) is 3.37. The molecule has 3 aromatic rings. The van der Waals surface area contributed by atoms with Gasteiger partial charge >= 0.3 is 0 Å². The van der Waals surface area contributed by atoms with Crippen molar-refractivity contribution >= 4 is 28.1 Å². The zero-order valence-corrected chi connectivity index (χ0v) is 13.5. The second kappa shape index (κ2) is 6.90. The van der Waals surface area contributed by atoms with Crippen molar-refractivity contribution in [3.63, 3.8) is 0 Å². The molecular weight excluding hydrogens is 340 g/mol. The second-order valence-electron chi connectivity index (χ2n) is 4.99. The molecule has 0 fully saturated rings. The minimum absolute atomic E-state index is 0.00771. The highest BCUT2D eigenvalue weighted by Gasteiger charge is 2.11. The summed E-state index contributed by atoms with van der Waals surface area (Å²) in [6.07, 6.45) is 0. The number of non-ortho nitro benzene ring substituents is 1. The SMILES string of the molecule is N#Cc1ccc(C(=O)Nc2nc(-c3ccc([N+](=O)[O-])cc3)cs2)cc1. The normalized spacial score (nSPS) is 10.0. The number of nitrogens with one attached hydrogen (secondary N) is 1. The van der Waals surface area contributed by atoms with E-state index in [-0.39, 0.29) is 11.6 Å². The average Bonchev–Trinajstić information content (AvgIpc) is 3.10. The lowest BCUT2D eigenvalue weighted by atomic mass is 10.1. The Morgan fingerprint density at radius 1 is 1.16 bits per heavy atom. The first kappa shape index (κ1) is 16.3. The zero-order valence-electron chi connectivity index (χ0n) is 12.7. The Labute approximate surface area is 146 Å². The summed E-state index contributed by atoms with van der Waals surface area (Å²) in [7, 11) is 0. The molecule has 7 nitrogen and oxygen atoms in total. The molecule has 2 aromatic carbocycles. The smallest absolute Gasteiger partial charge is 0.269 e. The molecule has 0 saturated carbocycles. The van der Waals surface area contributed by atoms with E-state index < -0.39 is 4.92 Å². The van der Waals surface area contributed by atoms with Crippen molar-refractivity contribution < 1.29 is 9.72 Å². The van der Waals surface area contributed by atoms with Gasteiger partial charge < -0.3 is 0 Å². The Kier molecular flexibility index (Phi) is 4.50. The Balaban J connectivity index is 1.73. The molecule has 0 atom stereocenters. The van der Waals surface area contributed by atoms with E-state index in [1.54, 1.807) is 41.8 Å². The number of carbonyl (C=O) groups is 1. The summed E-state index contributed by atoms with van der Waals surface area (Å²) in [5.74, 6) is -0.325. The van der Waals surface area contributed by atoms with Gasteiger partial charge in [-0.3, -0.25) is 20.2 Å². The van der Waals surface area contributed by atoms with Crippen LogP contribution >= 0.6 is 11.3 Å². The number of hydrogen-bond donors (Lipinski definition) is 1. The number of carbonyl (C=O) groups excluding carboxylic acids is 1. The van der Waals surface area contributed by atoms with Gasteiger partial charge in [-0.2, -0.15) is 5.26 Å². The van der Waals surface area contributed by atoms with Crippen LogP contribution in [0.15, 0.2) is 53.9 Å². The highest BCUT2D eigenvalue weighted by atomic mass is 32.1. The van der Waals surface area contributed by atoms with Crippen LogP contribution in [0.1, 0.15) is 15.9 Å². The number of amides is 1. The van der Waals surface area contributed by atoms with E-state index in [4.69, 9.17) is 5.26 Å². The number of thiazole rings is 1. The minimum atomic E-state index is -0.464. The molecule has 1 N–H and O–H groups in total. The maximum absolute atomic E-state index is 12.2. The van der Waals surface area contributed by atoms with E-state index in [9.17, 15) is 14.9 Å². The molecule has 0 aliphatic rings. The number of nitro benzene ring substituents is 1. The summed E-state index contributed by atoms with van der Waals surface area (Å²) in [6, 6.07) is 14.3. The van der Waals surface area contributed by atoms with E-state index in [0.29, 0.717) is 22.0 Å². The van der Waals surface area contributed by atoms with E-state index >= 15 is 0 Å². The molecule has 0 saturated heterocycles. The van der Waals surface area contributed by atoms with Crippen molar-refractivity contribution in [3.8, 4) is 17.3 Å². The van der Waals surface area contributed by atoms with Gasteiger partial charge in [0.2, 0.25) is 0 Å². The number of hydrogen-bond acceptors (Lipinski definition) is 6. The highest BCUT2D eigenvalue weighted by molar-refractivity contribution is 7.14. The number of aromatic nitrogens is 1. The molecule has 0 unspecified atom stereocenters. The maximum atomic E-state index is 12.2. The first-order valence-corrected chi connectivity index (χ1v) is 7.96. The summed E-state index contributed by atoms with van der Waals surface area (Å²) in [6.45, 7) is 0. The van der Waals surface area contributed by atoms with Crippen LogP contribution in [0.4, 0.5) is 10.8 Å². The number of nitrogens with zero attached hydrogens (tertiary/aromatic N) is 3. The van der Waals surface area contributed by atoms with Crippen molar-refractivity contribution in [2.24, 2.45) is 0 Å². The molecule has 0 aliphatic carbocycles. The van der Waals surface area contributed by atoms with Crippen molar-refractivity contribution in [3.05, 3.63) is 75.2 Å². The molecule has 25 heavy (non-hydrogen) atoms. The molecule has 3 rings (SSSR count). The van der Waals surface area contributed by atoms with Gasteiger partial charge in [0.25, 0.3) is 11.6 Å². The Morgan fingerprint density at radius 3 is 2.44 bits per heavy atom. The number of nitro groups is 1. The summed E-state index contributed by atoms with van der Waals surface area (Å²) >= 11 is 1.26. The topological polar surface area (TPSA) is 109 Å². The average molecular weight is 350 g/mol. The molecule has 1 heterocycles. The van der Waals surface area contributed by atoms with Gasteiger partial charge in [-0.15, -0.1) is 11.3 Å². The van der Waals surface area contributed by atoms with Crippen molar-refractivity contribution in [1.82, 2.24) is 4.98 Å². The third kappa shape index (κ3) is 3.68. The van der Waals surface area contributed by atoms with Crippen LogP contribution in [-0.4, -0.2) is 15.8 Å². The second-order valence-corrected chi connectivity index (χ2v) is 5.84. The van der Waals surface area contributed by atoms with Gasteiger partial charge in [0, 0.05) is 28.6 Å². The molecule has 0 aliphatic heterocycles. The molecule has 122 valence electrons. The van der Waals surface area contributed by atoms with Gasteiger partial charge in [0.05, 0.1) is 22.2 Å². The van der Waals surface area contributed by atoms with Gasteiger partial charge in [-0.25, -0.2) is 4.98 Å². The highest BCUT2D eigenvalue weighted by Crippen LogP contribution is 2.26. The van der Waals surface area contributed by atoms with Crippen molar-refractivity contribution in [1.29, 1.82) is 5.26 Å². The van der Waals surface area contributed by atoms with Crippen LogP contribution in [0.2, 0.25) is 0 Å². The van der Waals surface area contributed by atoms with Crippen molar-refractivity contribution in [2.45, 2.75) is 0 Å². The fraction of sp³-hybridized carbons (Fsp3) is 0. The molecule has 0 spiro atoms. The van der Waals surface area contributed by atoms with Crippen LogP contribution in [0.25, 0.3) is 11.3 Å². The van der Waals surface area contributed by atoms with E-state index in [0.717, 1.165) is 5.56 Å². The first-order valence-electron chi connectivity index (χ1n) is 7.08. The lowest BCUT2D eigenvalue weighted by Gasteiger charge is -2.01. The van der Waals surface area contributed by atoms with Crippen LogP contribution in [0, 0.1) is 21.4 Å². The molecule has 8 heteroatoms. The van der Waals surface area contributed by atoms with Crippen LogP contribution < -0.4 is 5.32 Å². The number of nitriles is 1. The Morgan fingerprint density at radius 2 is 1.84 bits per heavy atom. The van der Waals surface area contributed by atoms with Crippen LogP contribution in [0.5, 0.6) is 0 Å². The largest absolute Gasteiger partial charge is 0.298 e. The summed E-state index contributed by atoms with van der Waals surface area (Å²) in [4.78, 5) is 26.7. The molecule has 0 radical (unpaired) electrons. The molecule has 1 amide bonds. The van der Waals surface area contributed by atoms with E-state index in [1.807, 2.05) is 6.07 Å². The summed E-state index contributed by atoms with van der Waals surface area (Å²) < 4.78 is 0. The number of benzene rings is 2. The predicted molar refractivity (Wildman–Crippen MR) is 93.3 cm³/mol. The molecule has 0 bridgehead atoms. The van der Waals surface area contributed by atoms with E-state index in [1.165, 1.54) is 23.5 Å². The third-order valence-corrected chi connectivity index (χ3v) is 4.13. The summed E-state index contributed by atoms with van der Waals surface area (Å²) in [5, 5.41) is 24.3. The standard InChI is InChI=1S/C17H10N4O3S/c18-9-11-1-3-13(4-2-11)16(22)20-17-19-15(10-25-17)12-5-7-14(8-6-12)21(23)24/h1-8,10H,(H,19,20,22). The molecule has 1 aromatic heterocycles. The first-order chi connectivity index (χ1) is 12.1. The minimum Gasteiger partial charge on any atom is -0.298 e. The molecular formula is C17H10N4O3S. The lowest BCUT2D eigenvalue weighted by molar-refractivity contribution is -0.384. The Hall–Kier alpha value is -3.57. The van der Waals surface area contributed by atoms with Crippen molar-refractivity contribution in [2.75, 3.05) is 5.32 Å². The fourth-order valence-electron chi connectivity index (χ4n) is 2.08. The number of rotatable bonds is 4. The zero-order chi connectivity index (χ0) is 17.8. The van der Waals surface area contributed by atoms with Crippen LogP contribution in [-0.2, 0) is 0 Å². The number of anilines is 1. The quantitative estimate of drug-likeness (QED) is 0.568. The van der Waals surface area contributed by atoms with Gasteiger partial charge in [0.15, 0.2) is 5.13 Å². The van der Waals surface area contributed by atoms with Gasteiger partial charge in [-0.1, -0.05) is 0 Å². The maximum Gasteiger partial charge on any atom is 0.269 e. The van der Waals surface area contributed by atoms with Crippen LogP contribution in [0.3, 0.4) is 0 Å². The van der Waals surface area contributed by atoms with Gasteiger partial charge in [0.1, 0.15) is 0 Å². The lowest BCUT2D eigenvalue weighted by Crippen LogP contribution is -2.11. The van der Waals surface area contributed by atoms with Gasteiger partial charge in [-0.05, 0) is 36.4 Å².